The molecule has 0 aliphatic heterocycles. The summed E-state index contributed by atoms with van der Waals surface area (Å²) in [6, 6.07) is 0. The van der Waals surface area contributed by atoms with Crippen LogP contribution < -0.4 is 0 Å². The van der Waals surface area contributed by atoms with Crippen molar-refractivity contribution in [2.24, 2.45) is 0 Å². The molecule has 0 bridgehead atoms. The molecule has 0 fully saturated rings. The molecule has 0 aromatic heterocycles. The minimum atomic E-state index is 1.11. The zero-order chi connectivity index (χ0) is 9.94. The van der Waals surface area contributed by atoms with Crippen molar-refractivity contribution in [2.75, 3.05) is 0 Å². The lowest BCUT2D eigenvalue weighted by Crippen LogP contribution is -1.79. The number of hydrogen-bond donors (Lipinski definition) is 0. The van der Waals surface area contributed by atoms with Gasteiger partial charge in [0, 0.05) is 0 Å². The van der Waals surface area contributed by atoms with Crippen LogP contribution in [0.5, 0.6) is 0 Å². The molecule has 0 aliphatic rings. The van der Waals surface area contributed by atoms with Crippen LogP contribution in [-0.4, -0.2) is 0 Å². The van der Waals surface area contributed by atoms with Crippen LogP contribution in [0.4, 0.5) is 0 Å². The lowest BCUT2D eigenvalue weighted by atomic mass is 10.1. The van der Waals surface area contributed by atoms with E-state index in [-0.39, 0.29) is 0 Å². The zero-order valence-electron chi connectivity index (χ0n) is 9.47. The van der Waals surface area contributed by atoms with Crippen LogP contribution in [0.1, 0.15) is 59.3 Å². The molecule has 0 atom stereocenters. The van der Waals surface area contributed by atoms with Crippen LogP contribution in [0.25, 0.3) is 0 Å². The van der Waals surface area contributed by atoms with Gasteiger partial charge in [0.15, 0.2) is 0 Å². The second-order valence-electron chi connectivity index (χ2n) is 3.67. The summed E-state index contributed by atoms with van der Waals surface area (Å²) in [5.41, 5.74) is 1.55. The Kier molecular flexibility index (Phi) is 9.18. The van der Waals surface area contributed by atoms with Crippen molar-refractivity contribution in [3.8, 4) is 0 Å². The third-order valence-corrected chi connectivity index (χ3v) is 2.26. The van der Waals surface area contributed by atoms with Gasteiger partial charge in [0.25, 0.3) is 0 Å². The van der Waals surface area contributed by atoms with Gasteiger partial charge in [-0.1, -0.05) is 50.0 Å². The molecule has 0 nitrogen and oxygen atoms in total. The normalized spacial score (nSPS) is 12.7. The highest BCUT2D eigenvalue weighted by Gasteiger charge is 1.89. The third kappa shape index (κ3) is 9.39. The molecule has 0 heterocycles. The standard InChI is InChI=1S/C13H24/c1-4-6-8-10-12-13(3)11-9-7-5-2/h5,7,11H,4,6,8-10,12H2,1-3H3/b7-5+,13-11+. The third-order valence-electron chi connectivity index (χ3n) is 2.26. The van der Waals surface area contributed by atoms with Gasteiger partial charge in [0.05, 0.1) is 0 Å². The maximum Gasteiger partial charge on any atom is -0.0167 e. The fraction of sp³-hybridized carbons (Fsp3) is 0.692. The lowest BCUT2D eigenvalue weighted by molar-refractivity contribution is 0.663. The van der Waals surface area contributed by atoms with Gasteiger partial charge in [-0.2, -0.15) is 0 Å². The molecule has 0 aromatic carbocycles. The van der Waals surface area contributed by atoms with Gasteiger partial charge in [0.2, 0.25) is 0 Å². The monoisotopic (exact) mass is 180 g/mol. The highest BCUT2D eigenvalue weighted by Crippen LogP contribution is 2.10. The van der Waals surface area contributed by atoms with Crippen LogP contribution in [0, 0.1) is 0 Å². The van der Waals surface area contributed by atoms with Gasteiger partial charge < -0.3 is 0 Å². The van der Waals surface area contributed by atoms with Crippen molar-refractivity contribution in [3.63, 3.8) is 0 Å². The molecule has 0 radical (unpaired) electrons. The quantitative estimate of drug-likeness (QED) is 0.387. The first-order valence-corrected chi connectivity index (χ1v) is 5.58. The van der Waals surface area contributed by atoms with E-state index in [4.69, 9.17) is 0 Å². The van der Waals surface area contributed by atoms with E-state index in [1.807, 2.05) is 0 Å². The highest BCUT2D eigenvalue weighted by molar-refractivity contribution is 5.01. The summed E-state index contributed by atoms with van der Waals surface area (Å²) >= 11 is 0. The van der Waals surface area contributed by atoms with Crippen molar-refractivity contribution in [2.45, 2.75) is 59.3 Å². The molecule has 0 heteroatoms. The maximum absolute atomic E-state index is 2.34. The van der Waals surface area contributed by atoms with Crippen LogP contribution in [-0.2, 0) is 0 Å². The minimum absolute atomic E-state index is 1.11. The van der Waals surface area contributed by atoms with Gasteiger partial charge in [-0.15, -0.1) is 0 Å². The van der Waals surface area contributed by atoms with E-state index in [0.717, 1.165) is 6.42 Å². The summed E-state index contributed by atoms with van der Waals surface area (Å²) < 4.78 is 0. The fourth-order valence-corrected chi connectivity index (χ4v) is 1.34. The highest BCUT2D eigenvalue weighted by atomic mass is 14.0. The molecule has 0 aliphatic carbocycles. The second kappa shape index (κ2) is 9.57. The summed E-state index contributed by atoms with van der Waals surface area (Å²) in [4.78, 5) is 0. The first-order chi connectivity index (χ1) is 6.31. The average molecular weight is 180 g/mol. The number of allylic oxidation sites excluding steroid dienone is 4. The van der Waals surface area contributed by atoms with Gasteiger partial charge in [0.1, 0.15) is 0 Å². The Morgan fingerprint density at radius 1 is 1.15 bits per heavy atom. The van der Waals surface area contributed by atoms with Gasteiger partial charge in [-0.3, -0.25) is 0 Å². The van der Waals surface area contributed by atoms with Crippen LogP contribution >= 0.6 is 0 Å². The Hall–Kier alpha value is -0.520. The number of unbranched alkanes of at least 4 members (excludes halogenated alkanes) is 3. The van der Waals surface area contributed by atoms with Crippen LogP contribution in [0.3, 0.4) is 0 Å². The first-order valence-electron chi connectivity index (χ1n) is 5.58. The molecule has 76 valence electrons. The molecule has 0 unspecified atom stereocenters. The molecule has 0 saturated carbocycles. The average Bonchev–Trinajstić information content (AvgIpc) is 2.13. The minimum Gasteiger partial charge on any atom is -0.0914 e. The summed E-state index contributed by atoms with van der Waals surface area (Å²) in [7, 11) is 0. The van der Waals surface area contributed by atoms with E-state index in [1.165, 1.54) is 32.1 Å². The Balaban J connectivity index is 3.37. The maximum atomic E-state index is 2.34. The van der Waals surface area contributed by atoms with Crippen molar-refractivity contribution in [1.82, 2.24) is 0 Å². The van der Waals surface area contributed by atoms with E-state index in [1.54, 1.807) is 5.57 Å². The van der Waals surface area contributed by atoms with E-state index in [2.05, 4.69) is 39.0 Å². The molecule has 0 N–H and O–H groups in total. The molecule has 13 heavy (non-hydrogen) atoms. The Bertz CT molecular complexity index is 151. The summed E-state index contributed by atoms with van der Waals surface area (Å²) in [5, 5.41) is 0. The molecule has 0 amide bonds. The van der Waals surface area contributed by atoms with Crippen LogP contribution in [0.15, 0.2) is 23.8 Å². The summed E-state index contributed by atoms with van der Waals surface area (Å²) in [5.74, 6) is 0. The topological polar surface area (TPSA) is 0 Å². The molecule has 0 aromatic rings. The van der Waals surface area contributed by atoms with Gasteiger partial charge in [-0.25, -0.2) is 0 Å². The first kappa shape index (κ1) is 12.5. The van der Waals surface area contributed by atoms with Crippen molar-refractivity contribution < 1.29 is 0 Å². The predicted octanol–water partition coefficient (Wildman–Crippen LogP) is 4.87. The molecular formula is C13H24. The Labute approximate surface area is 83.7 Å². The Morgan fingerprint density at radius 2 is 1.92 bits per heavy atom. The summed E-state index contributed by atoms with van der Waals surface area (Å²) in [6.45, 7) is 6.58. The van der Waals surface area contributed by atoms with Gasteiger partial charge >= 0.3 is 0 Å². The van der Waals surface area contributed by atoms with Crippen molar-refractivity contribution in [3.05, 3.63) is 23.8 Å². The molecule has 0 rings (SSSR count). The van der Waals surface area contributed by atoms with E-state index >= 15 is 0 Å². The fourth-order valence-electron chi connectivity index (χ4n) is 1.34. The Morgan fingerprint density at radius 3 is 2.54 bits per heavy atom. The van der Waals surface area contributed by atoms with Gasteiger partial charge in [-0.05, 0) is 33.1 Å². The van der Waals surface area contributed by atoms with E-state index < -0.39 is 0 Å². The largest absolute Gasteiger partial charge is 0.0914 e. The number of rotatable bonds is 7. The smallest absolute Gasteiger partial charge is 0.0167 e. The SMILES string of the molecule is C/C=C/C/C=C(\C)CCCCCC. The molecule has 0 saturated heterocycles. The summed E-state index contributed by atoms with van der Waals surface area (Å²) in [6.07, 6.45) is 14.5. The van der Waals surface area contributed by atoms with Crippen molar-refractivity contribution in [1.29, 1.82) is 0 Å². The molecular weight excluding hydrogens is 156 g/mol. The zero-order valence-corrected chi connectivity index (χ0v) is 9.47. The lowest BCUT2D eigenvalue weighted by Gasteiger charge is -1.99. The van der Waals surface area contributed by atoms with E-state index in [9.17, 15) is 0 Å². The van der Waals surface area contributed by atoms with E-state index in [0.29, 0.717) is 0 Å². The van der Waals surface area contributed by atoms with Crippen LogP contribution in [0.2, 0.25) is 0 Å². The predicted molar refractivity (Wildman–Crippen MR) is 61.9 cm³/mol. The second-order valence-corrected chi connectivity index (χ2v) is 3.67. The number of hydrogen-bond acceptors (Lipinski definition) is 0. The molecule has 0 spiro atoms. The van der Waals surface area contributed by atoms with Crippen molar-refractivity contribution >= 4 is 0 Å².